The Morgan fingerprint density at radius 1 is 1.21 bits per heavy atom. The summed E-state index contributed by atoms with van der Waals surface area (Å²) in [5.74, 6) is -2.11. The van der Waals surface area contributed by atoms with Crippen LogP contribution in [0.2, 0.25) is 5.02 Å². The van der Waals surface area contributed by atoms with Crippen molar-refractivity contribution in [3.63, 3.8) is 0 Å². The maximum Gasteiger partial charge on any atom is 0.335 e. The minimum atomic E-state index is -1.16. The van der Waals surface area contributed by atoms with Crippen LogP contribution in [0.4, 0.5) is 21.9 Å². The molecular formula is C25H19ClFN7O4. The number of nitrogens with zero attached hydrogens (tertiary/aromatic N) is 3. The Morgan fingerprint density at radius 3 is 2.76 bits per heavy atom. The van der Waals surface area contributed by atoms with Crippen molar-refractivity contribution >= 4 is 58.1 Å². The number of anilines is 3. The zero-order valence-electron chi connectivity index (χ0n) is 19.6. The van der Waals surface area contributed by atoms with Crippen LogP contribution in [0.1, 0.15) is 28.9 Å². The van der Waals surface area contributed by atoms with E-state index in [1.165, 1.54) is 24.4 Å². The highest BCUT2D eigenvalue weighted by atomic mass is 35.5. The van der Waals surface area contributed by atoms with Gasteiger partial charge in [-0.2, -0.15) is 4.98 Å². The van der Waals surface area contributed by atoms with Gasteiger partial charge in [0.2, 0.25) is 5.96 Å². The average Bonchev–Trinajstić information content (AvgIpc) is 3.24. The van der Waals surface area contributed by atoms with Gasteiger partial charge in [0, 0.05) is 28.5 Å². The van der Waals surface area contributed by atoms with E-state index in [0.29, 0.717) is 21.8 Å². The maximum absolute atomic E-state index is 13.8. The third-order valence-electron chi connectivity index (χ3n) is 5.67. The molecule has 0 fully saturated rings. The number of oxazole rings is 1. The molecule has 6 N–H and O–H groups in total. The molecule has 1 atom stereocenters. The molecule has 1 unspecified atom stereocenters. The molecule has 5 rings (SSSR count). The summed E-state index contributed by atoms with van der Waals surface area (Å²) < 4.78 is 19.4. The number of fused-ring (bicyclic) bond motifs is 1. The van der Waals surface area contributed by atoms with Crippen LogP contribution in [0.15, 0.2) is 75.4 Å². The van der Waals surface area contributed by atoms with Gasteiger partial charge in [0.1, 0.15) is 23.2 Å². The summed E-state index contributed by atoms with van der Waals surface area (Å²) in [4.78, 5) is 37.6. The minimum absolute atomic E-state index is 0.0181. The monoisotopic (exact) mass is 535 g/mol. The first-order chi connectivity index (χ1) is 18.2. The van der Waals surface area contributed by atoms with E-state index in [4.69, 9.17) is 21.8 Å². The Hall–Kier alpha value is -4.97. The SMILES string of the molecule is CC1=C(C(=O)Nc2cc(C(=O)O)ccn2)C(c2ccccc2Cl)N=C(Nc2nc3cc(N)c(F)cc3o2)N1. The lowest BCUT2D eigenvalue weighted by Crippen LogP contribution is -2.37. The van der Waals surface area contributed by atoms with Gasteiger partial charge in [-0.25, -0.2) is 19.2 Å². The first kappa shape index (κ1) is 24.7. The molecule has 2 aromatic carbocycles. The molecule has 0 bridgehead atoms. The van der Waals surface area contributed by atoms with E-state index in [0.717, 1.165) is 6.07 Å². The van der Waals surface area contributed by atoms with Crippen LogP contribution in [-0.4, -0.2) is 32.9 Å². The fraction of sp³-hybridized carbons (Fsp3) is 0.0800. The van der Waals surface area contributed by atoms with Crippen molar-refractivity contribution in [3.05, 3.63) is 88.0 Å². The molecule has 0 saturated heterocycles. The van der Waals surface area contributed by atoms with Crippen molar-refractivity contribution in [1.82, 2.24) is 15.3 Å². The molecule has 38 heavy (non-hydrogen) atoms. The molecule has 1 aliphatic heterocycles. The number of rotatable bonds is 5. The summed E-state index contributed by atoms with van der Waals surface area (Å²) in [6.45, 7) is 1.67. The first-order valence-corrected chi connectivity index (χ1v) is 11.5. The summed E-state index contributed by atoms with van der Waals surface area (Å²) in [5, 5.41) is 18.1. The molecule has 2 aromatic heterocycles. The zero-order chi connectivity index (χ0) is 27.0. The number of carbonyl (C=O) groups excluding carboxylic acids is 1. The third kappa shape index (κ3) is 4.84. The van der Waals surface area contributed by atoms with Gasteiger partial charge in [-0.1, -0.05) is 29.8 Å². The van der Waals surface area contributed by atoms with E-state index in [-0.39, 0.29) is 40.2 Å². The number of nitrogens with one attached hydrogen (secondary N) is 3. The number of aromatic carboxylic acids is 1. The molecule has 0 radical (unpaired) electrons. The van der Waals surface area contributed by atoms with Gasteiger partial charge in [0.15, 0.2) is 5.58 Å². The lowest BCUT2D eigenvalue weighted by molar-refractivity contribution is -0.113. The van der Waals surface area contributed by atoms with Gasteiger partial charge in [0.05, 0.1) is 16.8 Å². The van der Waals surface area contributed by atoms with E-state index < -0.39 is 23.7 Å². The summed E-state index contributed by atoms with van der Waals surface area (Å²) in [5.41, 5.74) is 7.22. The number of carboxylic acid groups (broad SMARTS) is 1. The van der Waals surface area contributed by atoms with Gasteiger partial charge in [-0.05, 0) is 31.2 Å². The molecule has 3 heterocycles. The molecule has 192 valence electrons. The smallest absolute Gasteiger partial charge is 0.335 e. The van der Waals surface area contributed by atoms with Gasteiger partial charge in [-0.3, -0.25) is 10.1 Å². The Balaban J connectivity index is 1.48. The number of hydrogen-bond donors (Lipinski definition) is 5. The predicted octanol–water partition coefficient (Wildman–Crippen LogP) is 4.32. The van der Waals surface area contributed by atoms with Gasteiger partial charge in [0.25, 0.3) is 5.91 Å². The topological polar surface area (TPSA) is 168 Å². The summed E-state index contributed by atoms with van der Waals surface area (Å²) in [6.07, 6.45) is 1.28. The van der Waals surface area contributed by atoms with Crippen molar-refractivity contribution in [2.75, 3.05) is 16.4 Å². The normalized spacial score (nSPS) is 15.1. The molecule has 0 saturated carbocycles. The van der Waals surface area contributed by atoms with Crippen LogP contribution in [0.3, 0.4) is 0 Å². The standard InChI is InChI=1S/C25H19ClFN7O4/c1-11-20(22(35)32-19-8-12(23(36)37)6-7-29-19)21(13-4-2-3-5-14(13)26)33-24(30-11)34-25-31-17-10-16(28)15(27)9-18(17)38-25/h2-10,21H,28H2,1H3,(H,36,37)(H,29,32,35)(H2,30,31,33,34). The van der Waals surface area contributed by atoms with E-state index in [1.807, 2.05) is 0 Å². The molecule has 0 spiro atoms. The zero-order valence-corrected chi connectivity index (χ0v) is 20.4. The van der Waals surface area contributed by atoms with Crippen molar-refractivity contribution in [1.29, 1.82) is 0 Å². The van der Waals surface area contributed by atoms with Gasteiger partial charge >= 0.3 is 12.0 Å². The second kappa shape index (κ2) is 9.82. The quantitative estimate of drug-likeness (QED) is 0.234. The highest BCUT2D eigenvalue weighted by Crippen LogP contribution is 2.35. The molecule has 11 nitrogen and oxygen atoms in total. The number of pyridine rings is 1. The number of halogens is 2. The highest BCUT2D eigenvalue weighted by Gasteiger charge is 2.31. The molecule has 4 aromatic rings. The number of nitrogen functional groups attached to an aromatic ring is 1. The Bertz CT molecular complexity index is 1630. The fourth-order valence-corrected chi connectivity index (χ4v) is 4.13. The molecule has 13 heteroatoms. The summed E-state index contributed by atoms with van der Waals surface area (Å²) in [7, 11) is 0. The van der Waals surface area contributed by atoms with Crippen molar-refractivity contribution in [2.45, 2.75) is 13.0 Å². The molecular weight excluding hydrogens is 517 g/mol. The second-order valence-electron chi connectivity index (χ2n) is 8.24. The van der Waals surface area contributed by atoms with Gasteiger partial charge in [-0.15, -0.1) is 0 Å². The largest absolute Gasteiger partial charge is 0.478 e. The van der Waals surface area contributed by atoms with Crippen LogP contribution in [-0.2, 0) is 4.79 Å². The first-order valence-electron chi connectivity index (χ1n) is 11.1. The molecule has 1 amide bonds. The number of nitrogens with two attached hydrogens (primary N) is 1. The van der Waals surface area contributed by atoms with E-state index in [2.05, 4.69) is 30.9 Å². The van der Waals surface area contributed by atoms with Crippen molar-refractivity contribution < 1.29 is 23.5 Å². The van der Waals surface area contributed by atoms with Crippen LogP contribution in [0, 0.1) is 5.82 Å². The Kier molecular flexibility index (Phi) is 6.39. The molecule has 1 aliphatic rings. The number of carboxylic acids is 1. The number of aromatic nitrogens is 2. The number of guanidine groups is 1. The van der Waals surface area contributed by atoms with Crippen LogP contribution in [0.5, 0.6) is 0 Å². The number of allylic oxidation sites excluding steroid dienone is 1. The van der Waals surface area contributed by atoms with Crippen LogP contribution in [0.25, 0.3) is 11.1 Å². The second-order valence-corrected chi connectivity index (χ2v) is 8.65. The van der Waals surface area contributed by atoms with Gasteiger partial charge < -0.3 is 25.9 Å². The number of benzene rings is 2. The Labute approximate surface area is 219 Å². The van der Waals surface area contributed by atoms with Crippen LogP contribution >= 0.6 is 11.6 Å². The van der Waals surface area contributed by atoms with Crippen LogP contribution < -0.4 is 21.7 Å². The van der Waals surface area contributed by atoms with E-state index in [9.17, 15) is 19.1 Å². The number of hydrogen-bond acceptors (Lipinski definition) is 9. The summed E-state index contributed by atoms with van der Waals surface area (Å²) in [6, 6.07) is 11.1. The Morgan fingerprint density at radius 2 is 2.00 bits per heavy atom. The third-order valence-corrected chi connectivity index (χ3v) is 6.01. The summed E-state index contributed by atoms with van der Waals surface area (Å²) >= 11 is 6.46. The van der Waals surface area contributed by atoms with Crippen molar-refractivity contribution in [3.8, 4) is 0 Å². The van der Waals surface area contributed by atoms with Crippen molar-refractivity contribution in [2.24, 2.45) is 4.99 Å². The lowest BCUT2D eigenvalue weighted by atomic mass is 9.95. The van der Waals surface area contributed by atoms with E-state index >= 15 is 0 Å². The molecule has 0 aliphatic carbocycles. The highest BCUT2D eigenvalue weighted by molar-refractivity contribution is 6.31. The average molecular weight is 536 g/mol. The van der Waals surface area contributed by atoms with E-state index in [1.54, 1.807) is 31.2 Å². The minimum Gasteiger partial charge on any atom is -0.478 e. The maximum atomic E-state index is 13.8. The lowest BCUT2D eigenvalue weighted by Gasteiger charge is -2.26. The fourth-order valence-electron chi connectivity index (χ4n) is 3.89. The number of aliphatic imine (C=N–C) groups is 1. The number of carbonyl (C=O) groups is 2. The number of amides is 1. The predicted molar refractivity (Wildman–Crippen MR) is 139 cm³/mol.